The number of nitrogens with zero attached hydrogens (tertiary/aromatic N) is 2. The van der Waals surface area contributed by atoms with Crippen molar-refractivity contribution in [2.75, 3.05) is 11.4 Å². The number of carboxylic acid groups (broad SMARTS) is 1. The van der Waals surface area contributed by atoms with E-state index in [1.165, 1.54) is 30.2 Å². The molecule has 1 N–H and O–H groups in total. The number of anilines is 1. The van der Waals surface area contributed by atoms with E-state index in [1.54, 1.807) is 0 Å². The lowest BCUT2D eigenvalue weighted by Crippen LogP contribution is -2.26. The number of rotatable bonds is 3. The Hall–Kier alpha value is -1.89. The first-order valence-corrected chi connectivity index (χ1v) is 6.52. The van der Waals surface area contributed by atoms with E-state index in [1.807, 2.05) is 0 Å². The molecule has 1 unspecified atom stereocenters. The molecular weight excluding hydrogens is 268 g/mol. The molecule has 19 heavy (non-hydrogen) atoms. The Labute approximate surface area is 113 Å². The molecule has 0 radical (unpaired) electrons. The fourth-order valence-electron chi connectivity index (χ4n) is 1.88. The monoisotopic (exact) mass is 280 g/mol. The van der Waals surface area contributed by atoms with Gasteiger partial charge in [0.25, 0.3) is 0 Å². The molecule has 6 nitrogen and oxygen atoms in total. The SMILES string of the molecule is CC(=O)SC1CC(=O)N(c2ccc(C(=O)O)cn2)C1. The summed E-state index contributed by atoms with van der Waals surface area (Å²) in [7, 11) is 0. The molecule has 1 aromatic rings. The van der Waals surface area contributed by atoms with Crippen LogP contribution in [0.1, 0.15) is 23.7 Å². The van der Waals surface area contributed by atoms with E-state index in [4.69, 9.17) is 5.11 Å². The van der Waals surface area contributed by atoms with Gasteiger partial charge >= 0.3 is 5.97 Å². The summed E-state index contributed by atoms with van der Waals surface area (Å²) in [6.45, 7) is 1.89. The third kappa shape index (κ3) is 3.11. The molecule has 1 aliphatic heterocycles. The molecule has 1 aliphatic rings. The van der Waals surface area contributed by atoms with Crippen molar-refractivity contribution in [2.45, 2.75) is 18.6 Å². The van der Waals surface area contributed by atoms with E-state index in [9.17, 15) is 14.4 Å². The van der Waals surface area contributed by atoms with Crippen molar-refractivity contribution >= 4 is 34.6 Å². The molecule has 1 saturated heterocycles. The van der Waals surface area contributed by atoms with Crippen LogP contribution in [-0.2, 0) is 9.59 Å². The fraction of sp³-hybridized carbons (Fsp3) is 0.333. The summed E-state index contributed by atoms with van der Waals surface area (Å²) in [6, 6.07) is 2.91. The minimum absolute atomic E-state index is 0.0196. The first-order valence-electron chi connectivity index (χ1n) is 5.64. The van der Waals surface area contributed by atoms with Gasteiger partial charge in [-0.25, -0.2) is 9.78 Å². The van der Waals surface area contributed by atoms with Crippen molar-refractivity contribution in [3.8, 4) is 0 Å². The Bertz CT molecular complexity index is 529. The highest BCUT2D eigenvalue weighted by atomic mass is 32.2. The first kappa shape index (κ1) is 13.5. The van der Waals surface area contributed by atoms with Gasteiger partial charge in [-0.15, -0.1) is 0 Å². The number of carboxylic acids is 1. The molecular formula is C12H12N2O4S. The van der Waals surface area contributed by atoms with Gasteiger partial charge in [0.2, 0.25) is 5.91 Å². The molecule has 1 fully saturated rings. The molecule has 2 heterocycles. The van der Waals surface area contributed by atoms with Crippen LogP contribution in [0.15, 0.2) is 18.3 Å². The zero-order valence-electron chi connectivity index (χ0n) is 10.2. The van der Waals surface area contributed by atoms with E-state index in [-0.39, 0.29) is 21.8 Å². The molecule has 100 valence electrons. The van der Waals surface area contributed by atoms with Crippen LogP contribution < -0.4 is 4.90 Å². The van der Waals surface area contributed by atoms with Crippen molar-refractivity contribution in [1.29, 1.82) is 0 Å². The first-order chi connectivity index (χ1) is 8.97. The summed E-state index contributed by atoms with van der Waals surface area (Å²) < 4.78 is 0. The normalized spacial score (nSPS) is 18.7. The van der Waals surface area contributed by atoms with E-state index in [2.05, 4.69) is 4.98 Å². The van der Waals surface area contributed by atoms with Crippen LogP contribution in [0.5, 0.6) is 0 Å². The number of thioether (sulfide) groups is 1. The van der Waals surface area contributed by atoms with Crippen molar-refractivity contribution in [1.82, 2.24) is 4.98 Å². The van der Waals surface area contributed by atoms with Crippen LogP contribution in [0.3, 0.4) is 0 Å². The molecule has 0 aromatic carbocycles. The van der Waals surface area contributed by atoms with Crippen LogP contribution in [0.25, 0.3) is 0 Å². The highest BCUT2D eigenvalue weighted by molar-refractivity contribution is 8.14. The van der Waals surface area contributed by atoms with Gasteiger partial charge in [0.1, 0.15) is 5.82 Å². The van der Waals surface area contributed by atoms with Crippen LogP contribution in [0.2, 0.25) is 0 Å². The highest BCUT2D eigenvalue weighted by Crippen LogP contribution is 2.27. The summed E-state index contributed by atoms with van der Waals surface area (Å²) >= 11 is 1.15. The van der Waals surface area contributed by atoms with Crippen LogP contribution in [0.4, 0.5) is 5.82 Å². The van der Waals surface area contributed by atoms with Crippen LogP contribution in [-0.4, -0.2) is 38.9 Å². The Morgan fingerprint density at radius 3 is 2.74 bits per heavy atom. The standard InChI is InChI=1S/C12H12N2O4S/c1-7(15)19-9-4-11(16)14(6-9)10-3-2-8(5-13-10)12(17)18/h2-3,5,9H,4,6H2,1H3,(H,17,18). The quantitative estimate of drug-likeness (QED) is 0.894. The topological polar surface area (TPSA) is 87.6 Å². The maximum absolute atomic E-state index is 11.8. The van der Waals surface area contributed by atoms with Crippen LogP contribution in [0, 0.1) is 0 Å². The zero-order chi connectivity index (χ0) is 14.0. The number of hydrogen-bond donors (Lipinski definition) is 1. The summed E-state index contributed by atoms with van der Waals surface area (Å²) in [5.41, 5.74) is 0.0741. The zero-order valence-corrected chi connectivity index (χ0v) is 11.0. The van der Waals surface area contributed by atoms with Gasteiger partial charge in [-0.1, -0.05) is 11.8 Å². The second kappa shape index (κ2) is 5.40. The van der Waals surface area contributed by atoms with Gasteiger partial charge in [-0.05, 0) is 12.1 Å². The Morgan fingerprint density at radius 2 is 2.21 bits per heavy atom. The fourth-order valence-corrected chi connectivity index (χ4v) is 2.80. The lowest BCUT2D eigenvalue weighted by molar-refractivity contribution is -0.117. The number of pyridine rings is 1. The van der Waals surface area contributed by atoms with Crippen molar-refractivity contribution < 1.29 is 19.5 Å². The van der Waals surface area contributed by atoms with Gasteiger partial charge in [0.15, 0.2) is 5.12 Å². The second-order valence-electron chi connectivity index (χ2n) is 4.15. The maximum Gasteiger partial charge on any atom is 0.337 e. The Morgan fingerprint density at radius 1 is 1.47 bits per heavy atom. The number of aromatic carboxylic acids is 1. The summed E-state index contributed by atoms with van der Waals surface area (Å²) in [6.07, 6.45) is 1.52. The summed E-state index contributed by atoms with van der Waals surface area (Å²) in [5.74, 6) is -0.743. The molecule has 0 spiro atoms. The molecule has 1 amide bonds. The number of carbonyl (C=O) groups excluding carboxylic acids is 2. The molecule has 0 aliphatic carbocycles. The predicted molar refractivity (Wildman–Crippen MR) is 70.2 cm³/mol. The van der Waals surface area contributed by atoms with E-state index in [0.717, 1.165) is 11.8 Å². The number of carbonyl (C=O) groups is 3. The average Bonchev–Trinajstić information content (AvgIpc) is 2.69. The van der Waals surface area contributed by atoms with Crippen LogP contribution >= 0.6 is 11.8 Å². The Balaban J connectivity index is 2.11. The minimum Gasteiger partial charge on any atom is -0.478 e. The number of aromatic nitrogens is 1. The number of hydrogen-bond acceptors (Lipinski definition) is 5. The van der Waals surface area contributed by atoms with E-state index >= 15 is 0 Å². The molecule has 1 aromatic heterocycles. The lowest BCUT2D eigenvalue weighted by Gasteiger charge is -2.15. The maximum atomic E-state index is 11.8. The molecule has 7 heteroatoms. The second-order valence-corrected chi connectivity index (χ2v) is 5.63. The highest BCUT2D eigenvalue weighted by Gasteiger charge is 2.32. The van der Waals surface area contributed by atoms with Crippen molar-refractivity contribution in [3.63, 3.8) is 0 Å². The summed E-state index contributed by atoms with van der Waals surface area (Å²) in [4.78, 5) is 39.0. The van der Waals surface area contributed by atoms with Crippen molar-refractivity contribution in [3.05, 3.63) is 23.9 Å². The lowest BCUT2D eigenvalue weighted by atomic mass is 10.3. The van der Waals surface area contributed by atoms with Gasteiger partial charge in [-0.2, -0.15) is 0 Å². The minimum atomic E-state index is -1.06. The van der Waals surface area contributed by atoms with Crippen molar-refractivity contribution in [2.24, 2.45) is 0 Å². The number of amides is 1. The third-order valence-electron chi connectivity index (χ3n) is 2.69. The third-order valence-corrected chi connectivity index (χ3v) is 3.67. The molecule has 1 atom stereocenters. The summed E-state index contributed by atoms with van der Waals surface area (Å²) in [5, 5.41) is 8.69. The van der Waals surface area contributed by atoms with Gasteiger partial charge < -0.3 is 5.11 Å². The smallest absolute Gasteiger partial charge is 0.337 e. The van der Waals surface area contributed by atoms with Gasteiger partial charge in [0, 0.05) is 31.3 Å². The van der Waals surface area contributed by atoms with Gasteiger partial charge in [-0.3, -0.25) is 14.5 Å². The van der Waals surface area contributed by atoms with E-state index < -0.39 is 5.97 Å². The van der Waals surface area contributed by atoms with E-state index in [0.29, 0.717) is 18.8 Å². The molecule has 0 bridgehead atoms. The average molecular weight is 280 g/mol. The van der Waals surface area contributed by atoms with Gasteiger partial charge in [0.05, 0.1) is 5.56 Å². The largest absolute Gasteiger partial charge is 0.478 e. The molecule has 0 saturated carbocycles. The predicted octanol–water partition coefficient (Wildman–Crippen LogP) is 1.16. The Kier molecular flexibility index (Phi) is 3.84. The molecule has 2 rings (SSSR count).